The molecule has 0 spiro atoms. The number of carbonyl (C=O) groups excluding carboxylic acids is 1. The molecule has 1 aliphatic rings. The molecule has 7 heteroatoms. The van der Waals surface area contributed by atoms with Crippen LogP contribution >= 0.6 is 15.9 Å². The van der Waals surface area contributed by atoms with E-state index in [0.29, 0.717) is 23.2 Å². The number of halogens is 1. The Kier molecular flexibility index (Phi) is 4.52. The molecule has 1 N–H and O–H groups in total. The number of aromatic nitrogens is 3. The molecule has 2 heterocycles. The van der Waals surface area contributed by atoms with Gasteiger partial charge in [-0.3, -0.25) is 4.79 Å². The van der Waals surface area contributed by atoms with Crippen molar-refractivity contribution in [1.29, 1.82) is 0 Å². The molecule has 0 unspecified atom stereocenters. The molecule has 0 bridgehead atoms. The van der Waals surface area contributed by atoms with Crippen molar-refractivity contribution in [3.63, 3.8) is 0 Å². The van der Waals surface area contributed by atoms with Gasteiger partial charge in [0.1, 0.15) is 29.2 Å². The second-order valence-corrected chi connectivity index (χ2v) is 7.78. The Morgan fingerprint density at radius 3 is 2.48 bits per heavy atom. The monoisotopic (exact) mass is 448 g/mol. The van der Waals surface area contributed by atoms with Crippen molar-refractivity contribution in [3.8, 4) is 11.5 Å². The number of anilines is 1. The van der Waals surface area contributed by atoms with E-state index in [2.05, 4.69) is 35.8 Å². The number of hydrogen-bond donors (Lipinski definition) is 1. The van der Waals surface area contributed by atoms with Crippen LogP contribution in [-0.4, -0.2) is 20.4 Å². The molecule has 5 rings (SSSR count). The summed E-state index contributed by atoms with van der Waals surface area (Å²) in [5.41, 5.74) is 1.80. The first kappa shape index (κ1) is 17.9. The third-order valence-electron chi connectivity index (χ3n) is 4.81. The summed E-state index contributed by atoms with van der Waals surface area (Å²) in [4.78, 5) is 21.5. The number of amides is 1. The van der Waals surface area contributed by atoms with Gasteiger partial charge in [0.15, 0.2) is 0 Å². The van der Waals surface area contributed by atoms with E-state index in [1.807, 2.05) is 48.7 Å². The molecule has 6 nitrogen and oxygen atoms in total. The number of carbonyl (C=O) groups is 1. The highest BCUT2D eigenvalue weighted by Gasteiger charge is 2.28. The van der Waals surface area contributed by atoms with Crippen LogP contribution in [0.4, 0.5) is 5.69 Å². The minimum Gasteiger partial charge on any atom is -0.457 e. The molecule has 0 saturated heterocycles. The van der Waals surface area contributed by atoms with Crippen molar-refractivity contribution in [2.24, 2.45) is 0 Å². The van der Waals surface area contributed by atoms with Gasteiger partial charge in [-0.15, -0.1) is 0 Å². The lowest BCUT2D eigenvalue weighted by Crippen LogP contribution is -2.14. The average molecular weight is 449 g/mol. The zero-order chi connectivity index (χ0) is 19.8. The van der Waals surface area contributed by atoms with Crippen molar-refractivity contribution in [3.05, 3.63) is 77.3 Å². The SMILES string of the molecule is O=C(Nc1ccc(Oc2ccccc2)cc1)c1ncnc2c1c(Br)cn2C1CC1. The van der Waals surface area contributed by atoms with Crippen LogP contribution in [0.25, 0.3) is 11.0 Å². The average Bonchev–Trinajstić information content (AvgIpc) is 3.53. The smallest absolute Gasteiger partial charge is 0.275 e. The number of hydrogen-bond acceptors (Lipinski definition) is 4. The number of rotatable bonds is 5. The Morgan fingerprint density at radius 2 is 1.76 bits per heavy atom. The maximum atomic E-state index is 12.9. The number of nitrogens with zero attached hydrogens (tertiary/aromatic N) is 3. The van der Waals surface area contributed by atoms with E-state index in [4.69, 9.17) is 4.74 Å². The lowest BCUT2D eigenvalue weighted by atomic mass is 10.2. The number of ether oxygens (including phenoxy) is 1. The van der Waals surface area contributed by atoms with E-state index >= 15 is 0 Å². The summed E-state index contributed by atoms with van der Waals surface area (Å²) in [6, 6.07) is 17.3. The first-order valence-corrected chi connectivity index (χ1v) is 10.1. The van der Waals surface area contributed by atoms with Gasteiger partial charge in [-0.05, 0) is 65.2 Å². The zero-order valence-electron chi connectivity index (χ0n) is 15.4. The third-order valence-corrected chi connectivity index (χ3v) is 5.41. The van der Waals surface area contributed by atoms with E-state index in [-0.39, 0.29) is 5.91 Å². The predicted molar refractivity (Wildman–Crippen MR) is 114 cm³/mol. The second kappa shape index (κ2) is 7.33. The normalized spacial score (nSPS) is 13.4. The molecular formula is C22H17BrN4O2. The maximum absolute atomic E-state index is 12.9. The molecule has 2 aromatic carbocycles. The number of nitrogens with one attached hydrogen (secondary N) is 1. The van der Waals surface area contributed by atoms with Gasteiger partial charge >= 0.3 is 0 Å². The van der Waals surface area contributed by atoms with Gasteiger partial charge in [0.05, 0.1) is 5.39 Å². The number of benzene rings is 2. The van der Waals surface area contributed by atoms with Crippen molar-refractivity contribution in [1.82, 2.24) is 14.5 Å². The minimum absolute atomic E-state index is 0.275. The molecule has 0 radical (unpaired) electrons. The van der Waals surface area contributed by atoms with Crippen molar-refractivity contribution in [2.75, 3.05) is 5.32 Å². The zero-order valence-corrected chi connectivity index (χ0v) is 17.0. The largest absolute Gasteiger partial charge is 0.457 e. The summed E-state index contributed by atoms with van der Waals surface area (Å²) in [7, 11) is 0. The first-order valence-electron chi connectivity index (χ1n) is 9.34. The van der Waals surface area contributed by atoms with E-state index in [9.17, 15) is 4.79 Å². The Morgan fingerprint density at radius 1 is 1.03 bits per heavy atom. The van der Waals surface area contributed by atoms with Crippen molar-refractivity contribution < 1.29 is 9.53 Å². The topological polar surface area (TPSA) is 69.0 Å². The predicted octanol–water partition coefficient (Wildman–Crippen LogP) is 5.57. The van der Waals surface area contributed by atoms with Crippen LogP contribution in [0.3, 0.4) is 0 Å². The minimum atomic E-state index is -0.275. The highest BCUT2D eigenvalue weighted by molar-refractivity contribution is 9.10. The van der Waals surface area contributed by atoms with Gasteiger partial charge in [0.2, 0.25) is 0 Å². The van der Waals surface area contributed by atoms with Gasteiger partial charge in [0, 0.05) is 22.4 Å². The van der Waals surface area contributed by atoms with Crippen LogP contribution in [0, 0.1) is 0 Å². The summed E-state index contributed by atoms with van der Waals surface area (Å²) in [6.07, 6.45) is 5.71. The molecular weight excluding hydrogens is 432 g/mol. The summed E-state index contributed by atoms with van der Waals surface area (Å²) in [5, 5.41) is 3.64. The van der Waals surface area contributed by atoms with Crippen molar-refractivity contribution >= 4 is 38.6 Å². The van der Waals surface area contributed by atoms with Gasteiger partial charge in [-0.1, -0.05) is 18.2 Å². The van der Waals surface area contributed by atoms with Crippen LogP contribution in [0.1, 0.15) is 29.4 Å². The lowest BCUT2D eigenvalue weighted by molar-refractivity contribution is 0.102. The molecule has 1 amide bonds. The van der Waals surface area contributed by atoms with Gasteiger partial charge < -0.3 is 14.6 Å². The highest BCUT2D eigenvalue weighted by atomic mass is 79.9. The van der Waals surface area contributed by atoms with Gasteiger partial charge in [-0.25, -0.2) is 9.97 Å². The number of para-hydroxylation sites is 1. The van der Waals surface area contributed by atoms with Gasteiger partial charge in [-0.2, -0.15) is 0 Å². The number of fused-ring (bicyclic) bond motifs is 1. The van der Waals surface area contributed by atoms with E-state index in [1.54, 1.807) is 12.1 Å². The highest BCUT2D eigenvalue weighted by Crippen LogP contribution is 2.40. The molecule has 1 aliphatic carbocycles. The van der Waals surface area contributed by atoms with Crippen LogP contribution in [0.2, 0.25) is 0 Å². The molecule has 144 valence electrons. The Hall–Kier alpha value is -3.19. The Balaban J connectivity index is 1.36. The standard InChI is InChI=1S/C22H17BrN4O2/c23-18-12-27(15-8-9-15)21-19(18)20(24-13-25-21)22(28)26-14-6-10-17(11-7-14)29-16-4-2-1-3-5-16/h1-7,10-13,15H,8-9H2,(H,26,28). The summed E-state index contributed by atoms with van der Waals surface area (Å²) < 4.78 is 8.73. The first-order chi connectivity index (χ1) is 14.2. The van der Waals surface area contributed by atoms with E-state index in [1.165, 1.54) is 6.33 Å². The molecule has 0 aliphatic heterocycles. The molecule has 29 heavy (non-hydrogen) atoms. The van der Waals surface area contributed by atoms with Crippen molar-refractivity contribution in [2.45, 2.75) is 18.9 Å². The fourth-order valence-corrected chi connectivity index (χ4v) is 3.85. The Labute approximate surface area is 175 Å². The van der Waals surface area contributed by atoms with Crippen LogP contribution in [-0.2, 0) is 0 Å². The fourth-order valence-electron chi connectivity index (χ4n) is 3.26. The quantitative estimate of drug-likeness (QED) is 0.432. The lowest BCUT2D eigenvalue weighted by Gasteiger charge is -2.08. The molecule has 4 aromatic rings. The van der Waals surface area contributed by atoms with E-state index < -0.39 is 0 Å². The molecule has 0 atom stereocenters. The fraction of sp³-hybridized carbons (Fsp3) is 0.136. The second-order valence-electron chi connectivity index (χ2n) is 6.93. The summed E-state index contributed by atoms with van der Waals surface area (Å²) in [5.74, 6) is 1.18. The van der Waals surface area contributed by atoms with Crippen LogP contribution in [0.5, 0.6) is 11.5 Å². The Bertz CT molecular complexity index is 1180. The summed E-state index contributed by atoms with van der Waals surface area (Å²) >= 11 is 3.56. The maximum Gasteiger partial charge on any atom is 0.275 e. The molecule has 1 fully saturated rings. The van der Waals surface area contributed by atoms with E-state index in [0.717, 1.165) is 34.1 Å². The van der Waals surface area contributed by atoms with Crippen LogP contribution in [0.15, 0.2) is 71.6 Å². The molecule has 1 saturated carbocycles. The van der Waals surface area contributed by atoms with Gasteiger partial charge in [0.25, 0.3) is 5.91 Å². The summed E-state index contributed by atoms with van der Waals surface area (Å²) in [6.45, 7) is 0. The third kappa shape index (κ3) is 3.61. The molecule has 2 aromatic heterocycles. The van der Waals surface area contributed by atoms with Crippen LogP contribution < -0.4 is 10.1 Å².